The first-order chi connectivity index (χ1) is 20.2. The van der Waals surface area contributed by atoms with Crippen LogP contribution in [0, 0.1) is 24.0 Å². The summed E-state index contributed by atoms with van der Waals surface area (Å²) in [5.41, 5.74) is 8.08. The zero-order valence-electron chi connectivity index (χ0n) is 23.4. The van der Waals surface area contributed by atoms with Crippen molar-refractivity contribution >= 4 is 29.7 Å². The molecule has 3 heterocycles. The topological polar surface area (TPSA) is 118 Å². The van der Waals surface area contributed by atoms with Crippen molar-refractivity contribution in [2.75, 3.05) is 41.5 Å². The molecule has 0 unspecified atom stereocenters. The second-order valence-electron chi connectivity index (χ2n) is 11.3. The minimum atomic E-state index is -0.973. The van der Waals surface area contributed by atoms with Gasteiger partial charge in [-0.3, -0.25) is 14.6 Å². The van der Waals surface area contributed by atoms with Gasteiger partial charge in [0.1, 0.15) is 11.4 Å². The number of anilines is 3. The third-order valence-corrected chi connectivity index (χ3v) is 8.63. The zero-order valence-corrected chi connectivity index (χ0v) is 23.4. The molecule has 2 aromatic carbocycles. The average molecular weight is 578 g/mol. The SMILES string of the molecule is C=NN(c1ccc(NC(=O)c2ccc(=O)n(-c3c(F)cccc3F)n2)c(N2C[C@H](N)C3(CC3)C2)c1C)[C@H]1CCCOC1. The number of nitrogens with zero attached hydrogens (tertiary/aromatic N) is 5. The molecule has 2 atom stereocenters. The molecule has 6 rings (SSSR count). The Bertz CT molecular complexity index is 1580. The maximum Gasteiger partial charge on any atom is 0.276 e. The van der Waals surface area contributed by atoms with Crippen LogP contribution in [0.3, 0.4) is 0 Å². The number of benzene rings is 2. The van der Waals surface area contributed by atoms with E-state index in [2.05, 4.69) is 27.1 Å². The third kappa shape index (κ3) is 4.94. The lowest BCUT2D eigenvalue weighted by molar-refractivity contribution is 0.0794. The van der Waals surface area contributed by atoms with Crippen LogP contribution in [0.1, 0.15) is 41.7 Å². The van der Waals surface area contributed by atoms with Gasteiger partial charge >= 0.3 is 0 Å². The molecule has 10 nitrogen and oxygen atoms in total. The molecule has 0 bridgehead atoms. The molecule has 2 aliphatic heterocycles. The van der Waals surface area contributed by atoms with Crippen LogP contribution in [-0.2, 0) is 4.74 Å². The summed E-state index contributed by atoms with van der Waals surface area (Å²) < 4.78 is 35.2. The average Bonchev–Trinajstić information content (AvgIpc) is 3.69. The van der Waals surface area contributed by atoms with E-state index in [9.17, 15) is 18.4 Å². The maximum absolute atomic E-state index is 14.5. The number of ether oxygens (including phenoxy) is 1. The summed E-state index contributed by atoms with van der Waals surface area (Å²) >= 11 is 0. The predicted molar refractivity (Wildman–Crippen MR) is 157 cm³/mol. The number of carbonyl (C=O) groups is 1. The van der Waals surface area contributed by atoms with E-state index in [0.717, 1.165) is 74.0 Å². The summed E-state index contributed by atoms with van der Waals surface area (Å²) in [6.07, 6.45) is 3.95. The Morgan fingerprint density at radius 1 is 1.19 bits per heavy atom. The van der Waals surface area contributed by atoms with Crippen LogP contribution in [0.15, 0.2) is 52.4 Å². The lowest BCUT2D eigenvalue weighted by atomic mass is 10.0. The first-order valence-corrected chi connectivity index (χ1v) is 14.1. The lowest BCUT2D eigenvalue weighted by Crippen LogP contribution is -2.38. The fraction of sp³-hybridized carbons (Fsp3) is 0.400. The number of halogens is 2. The van der Waals surface area contributed by atoms with Gasteiger partial charge in [-0.25, -0.2) is 8.78 Å². The molecule has 220 valence electrons. The summed E-state index contributed by atoms with van der Waals surface area (Å²) in [6.45, 7) is 8.42. The highest BCUT2D eigenvalue weighted by Crippen LogP contribution is 2.54. The molecule has 42 heavy (non-hydrogen) atoms. The number of para-hydroxylation sites is 1. The molecular formula is C30H33F2N7O3. The molecule has 3 aromatic rings. The summed E-state index contributed by atoms with van der Waals surface area (Å²) in [6, 6.07) is 9.22. The van der Waals surface area contributed by atoms with Crippen molar-refractivity contribution in [3.05, 3.63) is 75.7 Å². The van der Waals surface area contributed by atoms with Crippen LogP contribution in [0.5, 0.6) is 0 Å². The van der Waals surface area contributed by atoms with Crippen molar-refractivity contribution in [1.82, 2.24) is 9.78 Å². The highest BCUT2D eigenvalue weighted by molar-refractivity contribution is 6.05. The van der Waals surface area contributed by atoms with Gasteiger partial charge < -0.3 is 20.7 Å². The second kappa shape index (κ2) is 10.9. The second-order valence-corrected chi connectivity index (χ2v) is 11.3. The minimum Gasteiger partial charge on any atom is -0.379 e. The van der Waals surface area contributed by atoms with Crippen molar-refractivity contribution in [2.45, 2.75) is 44.7 Å². The molecule has 12 heteroatoms. The van der Waals surface area contributed by atoms with Crippen LogP contribution < -0.4 is 26.5 Å². The third-order valence-electron chi connectivity index (χ3n) is 8.63. The van der Waals surface area contributed by atoms with Gasteiger partial charge in [-0.1, -0.05) is 6.07 Å². The van der Waals surface area contributed by atoms with Crippen LogP contribution in [0.25, 0.3) is 5.69 Å². The summed E-state index contributed by atoms with van der Waals surface area (Å²) in [4.78, 5) is 28.2. The Morgan fingerprint density at radius 2 is 1.95 bits per heavy atom. The van der Waals surface area contributed by atoms with Gasteiger partial charge in [0.2, 0.25) is 0 Å². The van der Waals surface area contributed by atoms with Gasteiger partial charge in [0.15, 0.2) is 11.6 Å². The zero-order chi connectivity index (χ0) is 29.6. The number of amides is 1. The van der Waals surface area contributed by atoms with E-state index in [-0.39, 0.29) is 23.2 Å². The Kier molecular flexibility index (Phi) is 7.27. The van der Waals surface area contributed by atoms with Gasteiger partial charge in [-0.05, 0) is 68.5 Å². The highest BCUT2D eigenvalue weighted by Gasteiger charge is 2.54. The van der Waals surface area contributed by atoms with Crippen LogP contribution >= 0.6 is 0 Å². The molecule has 3 fully saturated rings. The van der Waals surface area contributed by atoms with E-state index in [1.165, 1.54) is 12.1 Å². The Balaban J connectivity index is 1.37. The molecule has 1 saturated carbocycles. The van der Waals surface area contributed by atoms with Crippen LogP contribution in [-0.4, -0.2) is 60.8 Å². The van der Waals surface area contributed by atoms with Gasteiger partial charge in [0, 0.05) is 43.9 Å². The van der Waals surface area contributed by atoms with E-state index in [1.807, 2.05) is 18.0 Å². The number of rotatable bonds is 7. The fourth-order valence-corrected chi connectivity index (χ4v) is 6.17. The molecule has 3 aliphatic rings. The Morgan fingerprint density at radius 3 is 2.60 bits per heavy atom. The smallest absolute Gasteiger partial charge is 0.276 e. The first-order valence-electron chi connectivity index (χ1n) is 14.1. The Hall–Kier alpha value is -4.16. The molecule has 1 spiro atoms. The molecule has 0 radical (unpaired) electrons. The summed E-state index contributed by atoms with van der Waals surface area (Å²) in [5.74, 6) is -2.59. The maximum atomic E-state index is 14.5. The largest absolute Gasteiger partial charge is 0.379 e. The van der Waals surface area contributed by atoms with E-state index >= 15 is 0 Å². The van der Waals surface area contributed by atoms with Gasteiger partial charge in [0.05, 0.1) is 29.7 Å². The molecule has 3 N–H and O–H groups in total. The van der Waals surface area contributed by atoms with Crippen molar-refractivity contribution in [2.24, 2.45) is 16.3 Å². The number of hydrogen-bond acceptors (Lipinski definition) is 8. The van der Waals surface area contributed by atoms with Gasteiger partial charge in [-0.2, -0.15) is 14.9 Å². The molecule has 1 aromatic heterocycles. The van der Waals surface area contributed by atoms with E-state index < -0.39 is 28.8 Å². The number of aromatic nitrogens is 2. The number of nitrogens with two attached hydrogens (primary N) is 1. The minimum absolute atomic E-state index is 0.00498. The van der Waals surface area contributed by atoms with Crippen molar-refractivity contribution < 1.29 is 18.3 Å². The highest BCUT2D eigenvalue weighted by atomic mass is 19.1. The summed E-state index contributed by atoms with van der Waals surface area (Å²) in [5, 5.41) is 13.1. The molecule has 1 aliphatic carbocycles. The van der Waals surface area contributed by atoms with Gasteiger partial charge in [-0.15, -0.1) is 0 Å². The monoisotopic (exact) mass is 577 g/mol. The van der Waals surface area contributed by atoms with Crippen molar-refractivity contribution in [3.8, 4) is 5.69 Å². The quantitative estimate of drug-likeness (QED) is 0.326. The number of hydrazone groups is 1. The van der Waals surface area contributed by atoms with Crippen LogP contribution in [0.4, 0.5) is 25.8 Å². The van der Waals surface area contributed by atoms with Crippen LogP contribution in [0.2, 0.25) is 0 Å². The van der Waals surface area contributed by atoms with E-state index in [4.69, 9.17) is 10.5 Å². The lowest BCUT2D eigenvalue weighted by Gasteiger charge is -2.34. The summed E-state index contributed by atoms with van der Waals surface area (Å²) in [7, 11) is 0. The molecular weight excluding hydrogens is 544 g/mol. The molecule has 1 amide bonds. The van der Waals surface area contributed by atoms with Crippen molar-refractivity contribution in [3.63, 3.8) is 0 Å². The Labute approximate surface area is 241 Å². The standard InChI is InChI=1S/C30H33F2N7O3/c1-18-24(38(34-2)19-5-4-14-42-16-19)10-8-22(27(18)37-15-25(33)30(17-37)12-13-30)35-29(41)23-9-11-26(40)39(36-23)28-20(31)6-3-7-21(28)32/h3,6-11,19,25H,2,4-5,12-17,33H2,1H3,(H,35,41)/t19-,25-/m0/s1. The van der Waals surface area contributed by atoms with E-state index in [0.29, 0.717) is 23.5 Å². The van der Waals surface area contributed by atoms with Crippen molar-refractivity contribution in [1.29, 1.82) is 0 Å². The fourth-order valence-electron chi connectivity index (χ4n) is 6.17. The number of carbonyl (C=O) groups excluding carboxylic acids is 1. The van der Waals surface area contributed by atoms with Gasteiger partial charge in [0.25, 0.3) is 11.5 Å². The predicted octanol–water partition coefficient (Wildman–Crippen LogP) is 3.60. The normalized spacial score (nSPS) is 20.9. The van der Waals surface area contributed by atoms with E-state index in [1.54, 1.807) is 6.07 Å². The number of nitrogens with one attached hydrogen (secondary N) is 1. The number of hydrogen-bond donors (Lipinski definition) is 2. The molecule has 2 saturated heterocycles. The first kappa shape index (κ1) is 28.0.